The molecule has 0 aliphatic carbocycles. The third kappa shape index (κ3) is 3.18. The van der Waals surface area contributed by atoms with Gasteiger partial charge >= 0.3 is 6.18 Å². The molecule has 2 aromatic heterocycles. The van der Waals surface area contributed by atoms with Crippen molar-refractivity contribution in [1.29, 1.82) is 0 Å². The molecule has 0 saturated heterocycles. The van der Waals surface area contributed by atoms with E-state index in [9.17, 15) is 18.3 Å². The molecule has 8 heteroatoms. The molecule has 0 saturated carbocycles. The highest BCUT2D eigenvalue weighted by molar-refractivity contribution is 5.84. The van der Waals surface area contributed by atoms with Crippen molar-refractivity contribution in [2.24, 2.45) is 0 Å². The summed E-state index contributed by atoms with van der Waals surface area (Å²) in [7, 11) is 0. The van der Waals surface area contributed by atoms with Gasteiger partial charge in [0, 0.05) is 18.0 Å². The Kier molecular flexibility index (Phi) is 4.27. The fourth-order valence-corrected chi connectivity index (χ4v) is 3.09. The highest BCUT2D eigenvalue weighted by atomic mass is 19.4. The maximum absolute atomic E-state index is 12.9. The van der Waals surface area contributed by atoms with Crippen LogP contribution in [-0.2, 0) is 6.18 Å². The first-order valence-electron chi connectivity index (χ1n) is 8.37. The smallest absolute Gasteiger partial charge is 0.384 e. The number of aliphatic hydroxyl groups excluding tert-OH is 1. The van der Waals surface area contributed by atoms with Crippen molar-refractivity contribution in [2.45, 2.75) is 12.3 Å². The van der Waals surface area contributed by atoms with E-state index in [1.807, 2.05) is 0 Å². The maximum Gasteiger partial charge on any atom is 0.416 e. The second-order valence-electron chi connectivity index (χ2n) is 6.31. The van der Waals surface area contributed by atoms with Gasteiger partial charge in [0.15, 0.2) is 0 Å². The number of fused-ring (bicyclic) bond motifs is 1. The van der Waals surface area contributed by atoms with E-state index >= 15 is 0 Å². The van der Waals surface area contributed by atoms with Crippen molar-refractivity contribution >= 4 is 11.3 Å². The van der Waals surface area contributed by atoms with E-state index in [1.54, 1.807) is 47.4 Å². The van der Waals surface area contributed by atoms with Gasteiger partial charge in [-0.3, -0.25) is 0 Å². The molecule has 5 nitrogen and oxygen atoms in total. The number of hydrogen-bond donors (Lipinski definition) is 2. The Morgan fingerprint density at radius 3 is 2.46 bits per heavy atom. The van der Waals surface area contributed by atoms with Gasteiger partial charge < -0.3 is 15.2 Å². The first-order chi connectivity index (χ1) is 13.3. The van der Waals surface area contributed by atoms with Gasteiger partial charge in [0.1, 0.15) is 23.8 Å². The predicted molar refractivity (Wildman–Crippen MR) is 98.3 cm³/mol. The van der Waals surface area contributed by atoms with Crippen LogP contribution < -0.4 is 5.73 Å². The number of nitrogen functional groups attached to an aromatic ring is 1. The van der Waals surface area contributed by atoms with E-state index in [4.69, 9.17) is 5.73 Å². The first kappa shape index (κ1) is 18.0. The van der Waals surface area contributed by atoms with Crippen molar-refractivity contribution in [3.63, 3.8) is 0 Å². The number of anilines is 1. The molecule has 4 rings (SSSR count). The van der Waals surface area contributed by atoms with Gasteiger partial charge in [0.25, 0.3) is 0 Å². The third-order valence-electron chi connectivity index (χ3n) is 4.51. The SMILES string of the molecule is Nc1nccn2cnc(-c3ccc([C@H](O)c4cccc(C(F)(F)F)c4)cc3)c12. The zero-order valence-corrected chi connectivity index (χ0v) is 14.4. The number of nitrogens with zero attached hydrogens (tertiary/aromatic N) is 3. The molecule has 142 valence electrons. The minimum Gasteiger partial charge on any atom is -0.384 e. The second kappa shape index (κ2) is 6.65. The standard InChI is InChI=1S/C20H15F3N4O/c21-20(22,23)15-3-1-2-14(10-15)18(28)13-6-4-12(5-7-13)16-17-19(24)25-8-9-27(17)11-26-16/h1-11,18,28H,(H2,24,25)/t18-/m0/s1. The third-order valence-corrected chi connectivity index (χ3v) is 4.51. The van der Waals surface area contributed by atoms with E-state index in [-0.39, 0.29) is 5.56 Å². The molecule has 0 aliphatic rings. The van der Waals surface area contributed by atoms with Gasteiger partial charge in [-0.1, -0.05) is 36.4 Å². The van der Waals surface area contributed by atoms with Crippen LogP contribution in [0.5, 0.6) is 0 Å². The minimum atomic E-state index is -4.46. The molecule has 4 aromatic rings. The van der Waals surface area contributed by atoms with Crippen LogP contribution in [0.2, 0.25) is 0 Å². The molecule has 1 atom stereocenters. The molecule has 0 aliphatic heterocycles. The zero-order valence-electron chi connectivity index (χ0n) is 14.4. The lowest BCUT2D eigenvalue weighted by Crippen LogP contribution is -2.07. The van der Waals surface area contributed by atoms with Crippen LogP contribution in [0.4, 0.5) is 19.0 Å². The van der Waals surface area contributed by atoms with E-state index in [1.165, 1.54) is 12.1 Å². The Labute approximate surface area is 157 Å². The summed E-state index contributed by atoms with van der Waals surface area (Å²) >= 11 is 0. The summed E-state index contributed by atoms with van der Waals surface area (Å²) in [5, 5.41) is 10.5. The molecular formula is C20H15F3N4O. The maximum atomic E-state index is 12.9. The Bertz CT molecular complexity index is 1140. The van der Waals surface area contributed by atoms with Crippen LogP contribution in [0.15, 0.2) is 67.3 Å². The van der Waals surface area contributed by atoms with E-state index in [2.05, 4.69) is 9.97 Å². The molecule has 0 spiro atoms. The van der Waals surface area contributed by atoms with E-state index in [0.29, 0.717) is 22.6 Å². The molecule has 0 fully saturated rings. The number of alkyl halides is 3. The molecular weight excluding hydrogens is 369 g/mol. The number of halogens is 3. The highest BCUT2D eigenvalue weighted by Crippen LogP contribution is 2.33. The number of aromatic nitrogens is 3. The van der Waals surface area contributed by atoms with Gasteiger partial charge in [-0.2, -0.15) is 13.2 Å². The average molecular weight is 384 g/mol. The lowest BCUT2D eigenvalue weighted by Gasteiger charge is -2.14. The monoisotopic (exact) mass is 384 g/mol. The van der Waals surface area contributed by atoms with E-state index in [0.717, 1.165) is 17.7 Å². The molecule has 0 amide bonds. The summed E-state index contributed by atoms with van der Waals surface area (Å²) in [5.41, 5.74) is 7.82. The Morgan fingerprint density at radius 1 is 1.00 bits per heavy atom. The fraction of sp³-hybridized carbons (Fsp3) is 0.100. The number of benzene rings is 2. The van der Waals surface area contributed by atoms with Crippen LogP contribution >= 0.6 is 0 Å². The van der Waals surface area contributed by atoms with Crippen molar-refractivity contribution in [1.82, 2.24) is 14.4 Å². The number of imidazole rings is 1. The molecule has 0 radical (unpaired) electrons. The molecule has 0 unspecified atom stereocenters. The quantitative estimate of drug-likeness (QED) is 0.558. The number of nitrogens with two attached hydrogens (primary N) is 1. The molecule has 2 heterocycles. The van der Waals surface area contributed by atoms with Gasteiger partial charge in [0.2, 0.25) is 0 Å². The summed E-state index contributed by atoms with van der Waals surface area (Å²) < 4.78 is 40.4. The van der Waals surface area contributed by atoms with Crippen molar-refractivity contribution in [3.05, 3.63) is 83.9 Å². The largest absolute Gasteiger partial charge is 0.416 e. The number of aliphatic hydroxyl groups is 1. The van der Waals surface area contributed by atoms with Gasteiger partial charge in [0.05, 0.1) is 11.3 Å². The second-order valence-corrected chi connectivity index (χ2v) is 6.31. The summed E-state index contributed by atoms with van der Waals surface area (Å²) in [6.07, 6.45) is -0.720. The summed E-state index contributed by atoms with van der Waals surface area (Å²) in [6.45, 7) is 0. The number of rotatable bonds is 3. The van der Waals surface area contributed by atoms with Crippen molar-refractivity contribution in [3.8, 4) is 11.3 Å². The zero-order chi connectivity index (χ0) is 19.9. The molecule has 2 aromatic carbocycles. The van der Waals surface area contributed by atoms with Gasteiger partial charge in [-0.25, -0.2) is 9.97 Å². The van der Waals surface area contributed by atoms with Gasteiger partial charge in [-0.15, -0.1) is 0 Å². The number of hydrogen-bond acceptors (Lipinski definition) is 4. The highest BCUT2D eigenvalue weighted by Gasteiger charge is 2.31. The normalized spacial score (nSPS) is 13.0. The summed E-state index contributed by atoms with van der Waals surface area (Å²) in [6, 6.07) is 11.4. The Balaban J connectivity index is 1.66. The molecule has 3 N–H and O–H groups in total. The van der Waals surface area contributed by atoms with E-state index < -0.39 is 17.8 Å². The summed E-state index contributed by atoms with van der Waals surface area (Å²) in [5.74, 6) is 0.336. The van der Waals surface area contributed by atoms with Crippen LogP contribution in [0.3, 0.4) is 0 Å². The lowest BCUT2D eigenvalue weighted by atomic mass is 9.98. The Hall–Kier alpha value is -3.39. The Morgan fingerprint density at radius 2 is 1.75 bits per heavy atom. The lowest BCUT2D eigenvalue weighted by molar-refractivity contribution is -0.137. The van der Waals surface area contributed by atoms with Crippen LogP contribution in [0, 0.1) is 0 Å². The average Bonchev–Trinajstić information content (AvgIpc) is 3.12. The molecule has 0 bridgehead atoms. The van der Waals surface area contributed by atoms with Crippen molar-refractivity contribution < 1.29 is 18.3 Å². The fourth-order valence-electron chi connectivity index (χ4n) is 3.09. The van der Waals surface area contributed by atoms with Crippen LogP contribution in [0.1, 0.15) is 22.8 Å². The summed E-state index contributed by atoms with van der Waals surface area (Å²) in [4.78, 5) is 8.42. The minimum absolute atomic E-state index is 0.170. The first-order valence-corrected chi connectivity index (χ1v) is 8.37. The predicted octanol–water partition coefficient (Wildman–Crippen LogP) is 4.08. The van der Waals surface area contributed by atoms with Gasteiger partial charge in [-0.05, 0) is 23.3 Å². The molecule has 28 heavy (non-hydrogen) atoms. The topological polar surface area (TPSA) is 76.4 Å². The van der Waals surface area contributed by atoms with Crippen LogP contribution in [0.25, 0.3) is 16.8 Å². The van der Waals surface area contributed by atoms with Crippen molar-refractivity contribution in [2.75, 3.05) is 5.73 Å². The van der Waals surface area contributed by atoms with Crippen LogP contribution in [-0.4, -0.2) is 19.5 Å².